The zero-order valence-electron chi connectivity index (χ0n) is 14.0. The Hall–Kier alpha value is -2.05. The standard InChI is InChI=1S/C19H20BrNO4/c1-23-18-8-7-13(10-17(18)20)19(22)21-14-4-2-5-15(11-14)25-12-16-6-3-9-24-16/h2,4-5,7-8,10-11,16H,3,6,9,12H2,1H3,(H,21,22). The second-order valence-electron chi connectivity index (χ2n) is 5.78. The average Bonchev–Trinajstić information content (AvgIpc) is 3.14. The number of rotatable bonds is 6. The summed E-state index contributed by atoms with van der Waals surface area (Å²) in [5.41, 5.74) is 1.22. The van der Waals surface area contributed by atoms with Crippen LogP contribution in [0.1, 0.15) is 23.2 Å². The van der Waals surface area contributed by atoms with Gasteiger partial charge in [0.05, 0.1) is 17.7 Å². The summed E-state index contributed by atoms with van der Waals surface area (Å²) in [6.45, 7) is 1.34. The van der Waals surface area contributed by atoms with Gasteiger partial charge in [-0.3, -0.25) is 4.79 Å². The summed E-state index contributed by atoms with van der Waals surface area (Å²) in [5, 5.41) is 2.88. The Kier molecular flexibility index (Phi) is 5.94. The molecule has 0 aliphatic carbocycles. The minimum absolute atomic E-state index is 0.162. The highest BCUT2D eigenvalue weighted by molar-refractivity contribution is 9.10. The molecule has 1 N–H and O–H groups in total. The van der Waals surface area contributed by atoms with Crippen LogP contribution in [0.5, 0.6) is 11.5 Å². The van der Waals surface area contributed by atoms with Crippen LogP contribution in [0, 0.1) is 0 Å². The number of carbonyl (C=O) groups is 1. The van der Waals surface area contributed by atoms with Crippen molar-refractivity contribution in [1.82, 2.24) is 0 Å². The molecule has 1 atom stereocenters. The van der Waals surface area contributed by atoms with Gasteiger partial charge in [-0.15, -0.1) is 0 Å². The minimum Gasteiger partial charge on any atom is -0.496 e. The molecule has 1 aliphatic rings. The molecule has 1 amide bonds. The first-order valence-corrected chi connectivity index (χ1v) is 8.94. The molecule has 1 saturated heterocycles. The van der Waals surface area contributed by atoms with Gasteiger partial charge in [0.2, 0.25) is 0 Å². The number of anilines is 1. The van der Waals surface area contributed by atoms with E-state index in [1.165, 1.54) is 0 Å². The molecule has 5 nitrogen and oxygen atoms in total. The molecule has 6 heteroatoms. The molecule has 1 heterocycles. The molecule has 0 radical (unpaired) electrons. The maximum Gasteiger partial charge on any atom is 0.255 e. The molecule has 1 aliphatic heterocycles. The minimum atomic E-state index is -0.195. The molecule has 3 rings (SSSR count). The molecule has 2 aromatic rings. The number of hydrogen-bond acceptors (Lipinski definition) is 4. The summed E-state index contributed by atoms with van der Waals surface area (Å²) in [6.07, 6.45) is 2.28. The van der Waals surface area contributed by atoms with Crippen molar-refractivity contribution in [2.24, 2.45) is 0 Å². The number of hydrogen-bond donors (Lipinski definition) is 1. The molecule has 25 heavy (non-hydrogen) atoms. The molecule has 1 unspecified atom stereocenters. The molecule has 2 aromatic carbocycles. The maximum absolute atomic E-state index is 12.4. The summed E-state index contributed by atoms with van der Waals surface area (Å²) in [6, 6.07) is 12.6. The topological polar surface area (TPSA) is 56.8 Å². The van der Waals surface area contributed by atoms with Gasteiger partial charge in [0.25, 0.3) is 5.91 Å². The summed E-state index contributed by atoms with van der Waals surface area (Å²) in [5.74, 6) is 1.20. The van der Waals surface area contributed by atoms with Crippen LogP contribution in [0.4, 0.5) is 5.69 Å². The van der Waals surface area contributed by atoms with E-state index >= 15 is 0 Å². The van der Waals surface area contributed by atoms with E-state index in [4.69, 9.17) is 14.2 Å². The van der Waals surface area contributed by atoms with Gasteiger partial charge >= 0.3 is 0 Å². The van der Waals surface area contributed by atoms with Crippen LogP contribution in [-0.4, -0.2) is 32.3 Å². The molecule has 0 saturated carbocycles. The largest absolute Gasteiger partial charge is 0.496 e. The van der Waals surface area contributed by atoms with E-state index in [0.29, 0.717) is 29.4 Å². The third-order valence-electron chi connectivity index (χ3n) is 3.97. The maximum atomic E-state index is 12.4. The second-order valence-corrected chi connectivity index (χ2v) is 6.63. The van der Waals surface area contributed by atoms with Crippen molar-refractivity contribution >= 4 is 27.5 Å². The van der Waals surface area contributed by atoms with Crippen molar-refractivity contribution in [3.8, 4) is 11.5 Å². The van der Waals surface area contributed by atoms with Gasteiger partial charge in [0, 0.05) is 23.9 Å². The molecule has 0 spiro atoms. The first-order valence-electron chi connectivity index (χ1n) is 8.15. The first-order chi connectivity index (χ1) is 12.2. The van der Waals surface area contributed by atoms with Crippen molar-refractivity contribution < 1.29 is 19.0 Å². The monoisotopic (exact) mass is 405 g/mol. The van der Waals surface area contributed by atoms with E-state index in [9.17, 15) is 4.79 Å². The Balaban J connectivity index is 1.62. The second kappa shape index (κ2) is 8.36. The lowest BCUT2D eigenvalue weighted by molar-refractivity contribution is 0.0680. The van der Waals surface area contributed by atoms with Gasteiger partial charge in [0.1, 0.15) is 18.1 Å². The first kappa shape index (κ1) is 17.8. The van der Waals surface area contributed by atoms with E-state index in [2.05, 4.69) is 21.2 Å². The van der Waals surface area contributed by atoms with Gasteiger partial charge < -0.3 is 19.5 Å². The predicted molar refractivity (Wildman–Crippen MR) is 99.6 cm³/mol. The lowest BCUT2D eigenvalue weighted by Gasteiger charge is -2.13. The van der Waals surface area contributed by atoms with E-state index in [1.807, 2.05) is 24.3 Å². The zero-order valence-corrected chi connectivity index (χ0v) is 15.5. The quantitative estimate of drug-likeness (QED) is 0.779. The summed E-state index contributed by atoms with van der Waals surface area (Å²) < 4.78 is 17.2. The van der Waals surface area contributed by atoms with E-state index < -0.39 is 0 Å². The number of ether oxygens (including phenoxy) is 3. The summed E-state index contributed by atoms with van der Waals surface area (Å²) in [7, 11) is 1.59. The lowest BCUT2D eigenvalue weighted by Crippen LogP contribution is -2.16. The fraction of sp³-hybridized carbons (Fsp3) is 0.316. The number of nitrogens with one attached hydrogen (secondary N) is 1. The number of benzene rings is 2. The van der Waals surface area contributed by atoms with Crippen molar-refractivity contribution in [1.29, 1.82) is 0 Å². The fourth-order valence-corrected chi connectivity index (χ4v) is 3.18. The van der Waals surface area contributed by atoms with Gasteiger partial charge in [-0.1, -0.05) is 6.07 Å². The number of carbonyl (C=O) groups excluding carboxylic acids is 1. The van der Waals surface area contributed by atoms with Gasteiger partial charge in [0.15, 0.2) is 0 Å². The molecular formula is C19H20BrNO4. The Morgan fingerprint density at radius 1 is 1.32 bits per heavy atom. The molecule has 0 aromatic heterocycles. The molecule has 132 valence electrons. The number of methoxy groups -OCH3 is 1. The highest BCUT2D eigenvalue weighted by Gasteiger charge is 2.16. The van der Waals surface area contributed by atoms with E-state index in [0.717, 1.165) is 23.9 Å². The molecule has 1 fully saturated rings. The summed E-state index contributed by atoms with van der Waals surface area (Å²) >= 11 is 3.39. The van der Waals surface area contributed by atoms with E-state index in [-0.39, 0.29) is 12.0 Å². The highest BCUT2D eigenvalue weighted by Crippen LogP contribution is 2.26. The van der Waals surface area contributed by atoms with Crippen LogP contribution in [0.3, 0.4) is 0 Å². The van der Waals surface area contributed by atoms with E-state index in [1.54, 1.807) is 25.3 Å². The van der Waals surface area contributed by atoms with Gasteiger partial charge in [-0.2, -0.15) is 0 Å². The SMILES string of the molecule is COc1ccc(C(=O)Nc2cccc(OCC3CCCO3)c2)cc1Br. The Morgan fingerprint density at radius 2 is 2.20 bits per heavy atom. The van der Waals surface area contributed by atoms with Crippen molar-refractivity contribution in [3.63, 3.8) is 0 Å². The molecular weight excluding hydrogens is 386 g/mol. The normalized spacial score (nSPS) is 16.5. The van der Waals surface area contributed by atoms with Crippen LogP contribution < -0.4 is 14.8 Å². The third-order valence-corrected chi connectivity index (χ3v) is 4.59. The summed E-state index contributed by atoms with van der Waals surface area (Å²) in [4.78, 5) is 12.4. The zero-order chi connectivity index (χ0) is 17.6. The third kappa shape index (κ3) is 4.74. The van der Waals surface area contributed by atoms with Gasteiger partial charge in [-0.25, -0.2) is 0 Å². The Labute approximate surface area is 155 Å². The van der Waals surface area contributed by atoms with Crippen LogP contribution in [0.2, 0.25) is 0 Å². The van der Waals surface area contributed by atoms with Crippen molar-refractivity contribution in [2.75, 3.05) is 25.6 Å². The van der Waals surface area contributed by atoms with Crippen molar-refractivity contribution in [3.05, 3.63) is 52.5 Å². The van der Waals surface area contributed by atoms with Crippen molar-refractivity contribution in [2.45, 2.75) is 18.9 Å². The fourth-order valence-electron chi connectivity index (χ4n) is 2.64. The molecule has 0 bridgehead atoms. The highest BCUT2D eigenvalue weighted by atomic mass is 79.9. The average molecular weight is 406 g/mol. The number of amides is 1. The Morgan fingerprint density at radius 3 is 2.92 bits per heavy atom. The van der Waals surface area contributed by atoms with Crippen LogP contribution in [0.25, 0.3) is 0 Å². The van der Waals surface area contributed by atoms with Crippen LogP contribution >= 0.6 is 15.9 Å². The Bertz CT molecular complexity index is 744. The smallest absolute Gasteiger partial charge is 0.255 e. The van der Waals surface area contributed by atoms with Crippen LogP contribution in [0.15, 0.2) is 46.9 Å². The predicted octanol–water partition coefficient (Wildman–Crippen LogP) is 4.27. The lowest BCUT2D eigenvalue weighted by atomic mass is 10.2. The number of halogens is 1. The van der Waals surface area contributed by atoms with Crippen LogP contribution in [-0.2, 0) is 4.74 Å². The van der Waals surface area contributed by atoms with Gasteiger partial charge in [-0.05, 0) is 59.1 Å².